The first-order valence-corrected chi connectivity index (χ1v) is 6.06. The summed E-state index contributed by atoms with van der Waals surface area (Å²) in [6.45, 7) is 2.37. The molecule has 2 rings (SSSR count). The van der Waals surface area contributed by atoms with Gasteiger partial charge in [0.05, 0.1) is 13.2 Å². The first-order valence-electron chi connectivity index (χ1n) is 6.06. The van der Waals surface area contributed by atoms with E-state index in [4.69, 9.17) is 9.47 Å². The average Bonchev–Trinajstić information content (AvgIpc) is 2.68. The Morgan fingerprint density at radius 3 is 2.67 bits per heavy atom. The molecule has 0 saturated carbocycles. The van der Waals surface area contributed by atoms with Crippen LogP contribution < -0.4 is 0 Å². The molecule has 1 aliphatic heterocycles. The predicted octanol–water partition coefficient (Wildman–Crippen LogP) is 1.45. The number of rotatable bonds is 3. The second-order valence-corrected chi connectivity index (χ2v) is 4.71. The first-order chi connectivity index (χ1) is 8.61. The van der Waals surface area contributed by atoms with E-state index in [1.807, 2.05) is 49.2 Å². The minimum Gasteiger partial charge on any atom is -0.468 e. The Morgan fingerprint density at radius 1 is 1.50 bits per heavy atom. The van der Waals surface area contributed by atoms with Gasteiger partial charge >= 0.3 is 5.97 Å². The van der Waals surface area contributed by atoms with Gasteiger partial charge in [-0.05, 0) is 19.5 Å². The number of carbonyl (C=O) groups is 1. The molecule has 0 aromatic heterocycles. The third kappa shape index (κ3) is 2.02. The van der Waals surface area contributed by atoms with Gasteiger partial charge in [-0.25, -0.2) is 4.79 Å². The van der Waals surface area contributed by atoms with Crippen LogP contribution in [0.4, 0.5) is 0 Å². The summed E-state index contributed by atoms with van der Waals surface area (Å²) in [5, 5.41) is 0. The molecule has 18 heavy (non-hydrogen) atoms. The normalized spacial score (nSPS) is 28.3. The zero-order valence-corrected chi connectivity index (χ0v) is 11.1. The van der Waals surface area contributed by atoms with E-state index in [1.54, 1.807) is 0 Å². The van der Waals surface area contributed by atoms with Gasteiger partial charge < -0.3 is 9.47 Å². The second kappa shape index (κ2) is 5.08. The highest BCUT2D eigenvalue weighted by molar-refractivity contribution is 5.82. The zero-order chi connectivity index (χ0) is 13.2. The standard InChI is InChI=1S/C14H19NO3/c1-11-14(13(16)17-3,15(2)10-18-11)9-12-7-5-4-6-8-12/h4-8,11H,9-10H2,1-3H3/t11-,14+/m1/s1. The Kier molecular flexibility index (Phi) is 3.68. The summed E-state index contributed by atoms with van der Waals surface area (Å²) in [6, 6.07) is 9.95. The van der Waals surface area contributed by atoms with E-state index in [9.17, 15) is 4.79 Å². The summed E-state index contributed by atoms with van der Waals surface area (Å²) < 4.78 is 10.6. The Bertz CT molecular complexity index is 408. The summed E-state index contributed by atoms with van der Waals surface area (Å²) in [7, 11) is 3.32. The molecule has 0 N–H and O–H groups in total. The van der Waals surface area contributed by atoms with Crippen LogP contribution >= 0.6 is 0 Å². The van der Waals surface area contributed by atoms with E-state index < -0.39 is 5.54 Å². The number of methoxy groups -OCH3 is 1. The van der Waals surface area contributed by atoms with Crippen molar-refractivity contribution < 1.29 is 14.3 Å². The maximum Gasteiger partial charge on any atom is 0.329 e. The van der Waals surface area contributed by atoms with Crippen LogP contribution in [0.25, 0.3) is 0 Å². The molecule has 1 saturated heterocycles. The lowest BCUT2D eigenvalue weighted by Crippen LogP contribution is -2.56. The Balaban J connectivity index is 2.34. The van der Waals surface area contributed by atoms with E-state index >= 15 is 0 Å². The number of esters is 1. The molecule has 4 nitrogen and oxygen atoms in total. The lowest BCUT2D eigenvalue weighted by Gasteiger charge is -2.34. The van der Waals surface area contributed by atoms with Crippen molar-refractivity contribution >= 4 is 5.97 Å². The van der Waals surface area contributed by atoms with Gasteiger partial charge in [0.25, 0.3) is 0 Å². The van der Waals surface area contributed by atoms with Crippen molar-refractivity contribution in [3.63, 3.8) is 0 Å². The number of carbonyl (C=O) groups excluding carboxylic acids is 1. The molecule has 0 spiro atoms. The van der Waals surface area contributed by atoms with Crippen molar-refractivity contribution in [2.24, 2.45) is 0 Å². The molecule has 1 aromatic rings. The maximum absolute atomic E-state index is 12.2. The highest BCUT2D eigenvalue weighted by atomic mass is 16.5. The van der Waals surface area contributed by atoms with Crippen molar-refractivity contribution in [2.45, 2.75) is 25.0 Å². The van der Waals surface area contributed by atoms with Gasteiger partial charge in [0.1, 0.15) is 6.73 Å². The molecule has 98 valence electrons. The quantitative estimate of drug-likeness (QED) is 0.760. The van der Waals surface area contributed by atoms with Crippen molar-refractivity contribution in [3.05, 3.63) is 35.9 Å². The van der Waals surface area contributed by atoms with Crippen LogP contribution in [-0.4, -0.2) is 43.4 Å². The lowest BCUT2D eigenvalue weighted by atomic mass is 9.85. The van der Waals surface area contributed by atoms with Crippen LogP contribution in [0, 0.1) is 0 Å². The van der Waals surface area contributed by atoms with Gasteiger partial charge in [0, 0.05) is 6.42 Å². The van der Waals surface area contributed by atoms with Gasteiger partial charge in [-0.15, -0.1) is 0 Å². The second-order valence-electron chi connectivity index (χ2n) is 4.71. The Morgan fingerprint density at radius 2 is 2.17 bits per heavy atom. The van der Waals surface area contributed by atoms with Crippen LogP contribution in [0.5, 0.6) is 0 Å². The van der Waals surface area contributed by atoms with Crippen molar-refractivity contribution in [3.8, 4) is 0 Å². The summed E-state index contributed by atoms with van der Waals surface area (Å²) in [4.78, 5) is 14.1. The van der Waals surface area contributed by atoms with E-state index in [0.717, 1.165) is 5.56 Å². The molecule has 0 bridgehead atoms. The zero-order valence-electron chi connectivity index (χ0n) is 11.1. The summed E-state index contributed by atoms with van der Waals surface area (Å²) in [6.07, 6.45) is 0.410. The molecule has 1 aliphatic rings. The smallest absolute Gasteiger partial charge is 0.329 e. The van der Waals surface area contributed by atoms with Crippen LogP contribution in [0.15, 0.2) is 30.3 Å². The fraction of sp³-hybridized carbons (Fsp3) is 0.500. The molecule has 1 aromatic carbocycles. The molecule has 0 amide bonds. The van der Waals surface area contributed by atoms with E-state index in [2.05, 4.69) is 0 Å². The average molecular weight is 249 g/mol. The van der Waals surface area contributed by atoms with Gasteiger partial charge in [-0.1, -0.05) is 30.3 Å². The van der Waals surface area contributed by atoms with E-state index in [1.165, 1.54) is 7.11 Å². The van der Waals surface area contributed by atoms with Crippen LogP contribution in [-0.2, 0) is 20.7 Å². The minimum absolute atomic E-state index is 0.185. The highest BCUT2D eigenvalue weighted by Crippen LogP contribution is 2.32. The molecule has 1 fully saturated rings. The monoisotopic (exact) mass is 249 g/mol. The number of benzene rings is 1. The molecule has 2 atom stereocenters. The van der Waals surface area contributed by atoms with Crippen molar-refractivity contribution in [1.29, 1.82) is 0 Å². The third-order valence-corrected chi connectivity index (χ3v) is 3.73. The maximum atomic E-state index is 12.2. The molecule has 0 unspecified atom stereocenters. The third-order valence-electron chi connectivity index (χ3n) is 3.73. The van der Waals surface area contributed by atoms with E-state index in [-0.39, 0.29) is 12.1 Å². The minimum atomic E-state index is -0.726. The van der Waals surface area contributed by atoms with Crippen LogP contribution in [0.3, 0.4) is 0 Å². The fourth-order valence-electron chi connectivity index (χ4n) is 2.54. The summed E-state index contributed by atoms with van der Waals surface area (Å²) in [5.41, 5.74) is 0.378. The largest absolute Gasteiger partial charge is 0.468 e. The molecule has 4 heteroatoms. The summed E-state index contributed by atoms with van der Waals surface area (Å²) in [5.74, 6) is -0.237. The number of hydrogen-bond acceptors (Lipinski definition) is 4. The van der Waals surface area contributed by atoms with Crippen molar-refractivity contribution in [2.75, 3.05) is 20.9 Å². The first kappa shape index (κ1) is 13.1. The lowest BCUT2D eigenvalue weighted by molar-refractivity contribution is -0.154. The van der Waals surface area contributed by atoms with E-state index in [0.29, 0.717) is 13.2 Å². The number of ether oxygens (including phenoxy) is 2. The molecule has 0 radical (unpaired) electrons. The predicted molar refractivity (Wildman–Crippen MR) is 68.1 cm³/mol. The van der Waals surface area contributed by atoms with Crippen LogP contribution in [0.2, 0.25) is 0 Å². The Hall–Kier alpha value is -1.39. The molecular weight excluding hydrogens is 230 g/mol. The highest BCUT2D eigenvalue weighted by Gasteiger charge is 2.53. The molecule has 1 heterocycles. The molecule has 0 aliphatic carbocycles. The van der Waals surface area contributed by atoms with Gasteiger partial charge in [0.15, 0.2) is 5.54 Å². The topological polar surface area (TPSA) is 38.8 Å². The fourth-order valence-corrected chi connectivity index (χ4v) is 2.54. The number of nitrogens with zero attached hydrogens (tertiary/aromatic N) is 1. The van der Waals surface area contributed by atoms with Crippen molar-refractivity contribution in [1.82, 2.24) is 4.90 Å². The van der Waals surface area contributed by atoms with Gasteiger partial charge in [-0.2, -0.15) is 0 Å². The Labute approximate surface area is 107 Å². The van der Waals surface area contributed by atoms with Gasteiger partial charge in [0.2, 0.25) is 0 Å². The number of hydrogen-bond donors (Lipinski definition) is 0. The van der Waals surface area contributed by atoms with Gasteiger partial charge in [-0.3, -0.25) is 4.90 Å². The summed E-state index contributed by atoms with van der Waals surface area (Å²) >= 11 is 0. The number of likely N-dealkylation sites (N-methyl/N-ethyl adjacent to an activating group) is 1. The van der Waals surface area contributed by atoms with Crippen LogP contribution in [0.1, 0.15) is 12.5 Å². The molecular formula is C14H19NO3. The SMILES string of the molecule is COC(=O)[C@]1(Cc2ccccc2)[C@@H](C)OCN1C.